The largest absolute Gasteiger partial charge is 0.147 e. The molecule has 8 rings (SSSR count). The van der Waals surface area contributed by atoms with Crippen LogP contribution in [-0.2, 0) is 17.4 Å². The summed E-state index contributed by atoms with van der Waals surface area (Å²) in [6.07, 6.45) is 5.27. The van der Waals surface area contributed by atoms with Gasteiger partial charge in [-0.1, -0.05) is 0 Å². The Kier molecular flexibility index (Phi) is 9.97. The van der Waals surface area contributed by atoms with Crippen molar-refractivity contribution in [3.63, 3.8) is 0 Å². The van der Waals surface area contributed by atoms with Crippen molar-refractivity contribution in [3.05, 3.63) is 155 Å². The van der Waals surface area contributed by atoms with E-state index in [-0.39, 0.29) is 35.6 Å². The van der Waals surface area contributed by atoms with Crippen molar-refractivity contribution >= 4 is 65.4 Å². The van der Waals surface area contributed by atoms with Crippen molar-refractivity contribution in [1.82, 2.24) is 0 Å². The summed E-state index contributed by atoms with van der Waals surface area (Å²) in [6, 6.07) is 45.7. The molecular weight excluding hydrogens is 767 g/mol. The van der Waals surface area contributed by atoms with Crippen molar-refractivity contribution < 1.29 is 17.4 Å². The summed E-state index contributed by atoms with van der Waals surface area (Å²) in [4.78, 5) is 0. The van der Waals surface area contributed by atoms with Gasteiger partial charge >= 0.3 is 304 Å². The van der Waals surface area contributed by atoms with Gasteiger partial charge in [0.1, 0.15) is 0 Å². The standard InChI is InChI=1S/2C23H21.2CH3.2ClH.H2Si.Zr/c2*1-23(2,3)18-14-17-10-7-13-21(22(17)15-18)20-12-6-9-16-8-4-5-11-19(16)20;;;;;;/h2*4-15H,1-3H3;2*1H3;2*1H;1H2;. The predicted molar refractivity (Wildman–Crippen MR) is 234 cm³/mol. The molecule has 0 nitrogen and oxygen atoms in total. The maximum atomic E-state index is 2.80. The van der Waals surface area contributed by atoms with E-state index in [4.69, 9.17) is 0 Å². The molecule has 0 fully saturated rings. The maximum Gasteiger partial charge on any atom is -0.147 e. The Morgan fingerprint density at radius 1 is 0.442 bits per heavy atom. The van der Waals surface area contributed by atoms with Crippen molar-refractivity contribution in [2.75, 3.05) is 0 Å². The quantitative estimate of drug-likeness (QED) is 0.155. The van der Waals surface area contributed by atoms with Crippen LogP contribution >= 0.6 is 24.8 Å². The molecule has 4 heteroatoms. The molecule has 0 bridgehead atoms. The molecular formula is C48H52Cl2SiZr. The molecule has 0 radical (unpaired) electrons. The van der Waals surface area contributed by atoms with E-state index in [1.54, 1.807) is 22.3 Å². The zero-order valence-electron chi connectivity index (χ0n) is 31.9. The smallest absolute Gasteiger partial charge is 0.147 e. The fourth-order valence-electron chi connectivity index (χ4n) is 9.70. The molecule has 6 aromatic carbocycles. The average Bonchev–Trinajstić information content (AvgIpc) is 3.70. The number of fused-ring (bicyclic) bond motifs is 4. The van der Waals surface area contributed by atoms with Crippen molar-refractivity contribution in [3.8, 4) is 22.3 Å². The Hall–Kier alpha value is -3.00. The molecule has 52 heavy (non-hydrogen) atoms. The molecule has 2 unspecified atom stereocenters. The Morgan fingerprint density at radius 2 is 0.769 bits per heavy atom. The normalized spacial score (nSPS) is 17.2. The molecule has 2 aliphatic carbocycles. The fraction of sp³-hybridized carbons (Fsp3) is 0.250. The molecule has 0 amide bonds. The summed E-state index contributed by atoms with van der Waals surface area (Å²) in [7, 11) is 0. The van der Waals surface area contributed by atoms with Crippen LogP contribution in [0.2, 0.25) is 9.26 Å². The summed E-state index contributed by atoms with van der Waals surface area (Å²) in [5, 5.41) is 5.26. The third-order valence-electron chi connectivity index (χ3n) is 11.9. The first kappa shape index (κ1) is 38.7. The minimum Gasteiger partial charge on any atom is -0.147 e. The van der Waals surface area contributed by atoms with Crippen molar-refractivity contribution in [2.45, 2.75) is 58.1 Å². The van der Waals surface area contributed by atoms with Crippen LogP contribution in [-0.4, -0.2) is 6.88 Å². The van der Waals surface area contributed by atoms with Gasteiger partial charge in [-0.05, 0) is 0 Å². The number of hydrogen-bond acceptors (Lipinski definition) is 0. The van der Waals surface area contributed by atoms with Gasteiger partial charge in [-0.15, -0.1) is 24.8 Å². The molecule has 266 valence electrons. The van der Waals surface area contributed by atoms with Gasteiger partial charge in [-0.25, -0.2) is 0 Å². The molecule has 0 spiro atoms. The van der Waals surface area contributed by atoms with Gasteiger partial charge in [0, 0.05) is 0 Å². The second-order valence-corrected chi connectivity index (χ2v) is 48.6. The van der Waals surface area contributed by atoms with Gasteiger partial charge < -0.3 is 0 Å². The summed E-state index contributed by atoms with van der Waals surface area (Å²) < 4.78 is 6.46. The predicted octanol–water partition coefficient (Wildman–Crippen LogP) is 14.2. The van der Waals surface area contributed by atoms with E-state index in [1.807, 2.05) is 0 Å². The minimum absolute atomic E-state index is 0. The Bertz CT molecular complexity index is 2320. The minimum atomic E-state index is -3.93. The zero-order chi connectivity index (χ0) is 35.2. The molecule has 0 aromatic heterocycles. The maximum absolute atomic E-state index is 3.93. The topological polar surface area (TPSA) is 0 Å². The number of hydrogen-bond donors (Lipinski definition) is 0. The second kappa shape index (κ2) is 13.4. The monoisotopic (exact) mass is 816 g/mol. The van der Waals surface area contributed by atoms with E-state index < -0.39 is 17.4 Å². The average molecular weight is 819 g/mol. The molecule has 0 saturated carbocycles. The summed E-state index contributed by atoms with van der Waals surface area (Å²) in [6.45, 7) is 17.2. The second-order valence-electron chi connectivity index (χ2n) is 18.2. The summed E-state index contributed by atoms with van der Waals surface area (Å²) in [5.41, 5.74) is 14.7. The van der Waals surface area contributed by atoms with Gasteiger partial charge in [0.2, 0.25) is 0 Å². The van der Waals surface area contributed by atoms with Crippen LogP contribution in [0.5, 0.6) is 0 Å². The summed E-state index contributed by atoms with van der Waals surface area (Å²) in [5.74, 6) is 0. The fourth-order valence-corrected chi connectivity index (χ4v) is 29.5. The van der Waals surface area contributed by atoms with E-state index in [0.717, 1.165) is 0 Å². The van der Waals surface area contributed by atoms with E-state index >= 15 is 0 Å². The number of rotatable bonds is 4. The van der Waals surface area contributed by atoms with Gasteiger partial charge in [0.25, 0.3) is 0 Å². The van der Waals surface area contributed by atoms with Crippen LogP contribution in [0.25, 0.3) is 56.0 Å². The van der Waals surface area contributed by atoms with E-state index in [0.29, 0.717) is 7.25 Å². The molecule has 0 saturated heterocycles. The SMILES string of the molecule is CC(C)(C)C1=Cc2c(-c3cccc4ccccc34)cccc2[CH]1[Zr]([CH3])([CH3])(=[SiH2])[CH]1C(C(C)(C)C)=Cc2c(-c3cccc4ccccc34)cccc21.Cl.Cl. The van der Waals surface area contributed by atoms with Crippen molar-refractivity contribution in [1.29, 1.82) is 0 Å². The molecule has 2 atom stereocenters. The zero-order valence-corrected chi connectivity index (χ0v) is 37.4. The van der Waals surface area contributed by atoms with Crippen LogP contribution < -0.4 is 0 Å². The van der Waals surface area contributed by atoms with Crippen LogP contribution in [0.1, 0.15) is 71.0 Å². The van der Waals surface area contributed by atoms with E-state index in [9.17, 15) is 0 Å². The molecule has 6 aromatic rings. The van der Waals surface area contributed by atoms with E-state index in [1.165, 1.54) is 54.9 Å². The first-order chi connectivity index (χ1) is 23.6. The van der Waals surface area contributed by atoms with Gasteiger partial charge in [-0.2, -0.15) is 0 Å². The third-order valence-corrected chi connectivity index (χ3v) is 29.1. The van der Waals surface area contributed by atoms with Crippen molar-refractivity contribution in [2.24, 2.45) is 10.8 Å². The molecule has 0 heterocycles. The summed E-state index contributed by atoms with van der Waals surface area (Å²) >= 11 is -3.93. The van der Waals surface area contributed by atoms with Gasteiger partial charge in [-0.3, -0.25) is 0 Å². The Balaban J connectivity index is 0.00000232. The van der Waals surface area contributed by atoms with Crippen LogP contribution in [0.3, 0.4) is 0 Å². The first-order valence-electron chi connectivity index (χ1n) is 18.4. The number of benzene rings is 6. The van der Waals surface area contributed by atoms with Crippen LogP contribution in [0.4, 0.5) is 0 Å². The van der Waals surface area contributed by atoms with Gasteiger partial charge in [0.05, 0.1) is 0 Å². The van der Waals surface area contributed by atoms with Crippen LogP contribution in [0.15, 0.2) is 132 Å². The van der Waals surface area contributed by atoms with E-state index in [2.05, 4.69) is 191 Å². The molecule has 0 aliphatic heterocycles. The van der Waals surface area contributed by atoms with Crippen LogP contribution in [0, 0.1) is 10.8 Å². The van der Waals surface area contributed by atoms with Gasteiger partial charge in [0.15, 0.2) is 0 Å². The number of allylic oxidation sites excluding steroid dienone is 2. The Labute approximate surface area is 326 Å². The Morgan fingerprint density at radius 3 is 1.15 bits per heavy atom. The molecule has 0 N–H and O–H groups in total. The first-order valence-corrected chi connectivity index (χ1v) is 32.0. The molecule has 2 aliphatic rings. The number of halogens is 2. The third kappa shape index (κ3) is 6.17.